The van der Waals surface area contributed by atoms with Crippen LogP contribution in [0.15, 0.2) is 24.3 Å². The maximum atomic E-state index is 9.73. The Morgan fingerprint density at radius 3 is 2.69 bits per heavy atom. The number of rotatable bonds is 3. The SMILES string of the molecule is COC(C)C(O)c1cccc(Cl)c1. The van der Waals surface area contributed by atoms with Crippen molar-refractivity contribution < 1.29 is 9.84 Å². The van der Waals surface area contributed by atoms with Crippen molar-refractivity contribution in [3.8, 4) is 0 Å². The second-order valence-corrected chi connectivity index (χ2v) is 3.38. The van der Waals surface area contributed by atoms with Crippen LogP contribution >= 0.6 is 11.6 Å². The van der Waals surface area contributed by atoms with Gasteiger partial charge in [-0.2, -0.15) is 0 Å². The Hall–Kier alpha value is -0.570. The Kier molecular flexibility index (Phi) is 3.72. The molecule has 0 heterocycles. The van der Waals surface area contributed by atoms with Crippen LogP contribution in [0.25, 0.3) is 0 Å². The van der Waals surface area contributed by atoms with Crippen LogP contribution in [-0.2, 0) is 4.74 Å². The number of hydrogen-bond acceptors (Lipinski definition) is 2. The smallest absolute Gasteiger partial charge is 0.105 e. The van der Waals surface area contributed by atoms with Gasteiger partial charge in [0.05, 0.1) is 6.10 Å². The Morgan fingerprint density at radius 1 is 1.46 bits per heavy atom. The van der Waals surface area contributed by atoms with Gasteiger partial charge in [-0.05, 0) is 24.6 Å². The van der Waals surface area contributed by atoms with Crippen LogP contribution in [0.2, 0.25) is 5.02 Å². The fraction of sp³-hybridized carbons (Fsp3) is 0.400. The third-order valence-corrected chi connectivity index (χ3v) is 2.24. The summed E-state index contributed by atoms with van der Waals surface area (Å²) < 4.78 is 5.01. The molecule has 0 aliphatic carbocycles. The Morgan fingerprint density at radius 2 is 2.15 bits per heavy atom. The molecule has 0 aromatic heterocycles. The first-order valence-electron chi connectivity index (χ1n) is 4.11. The molecule has 1 N–H and O–H groups in total. The lowest BCUT2D eigenvalue weighted by molar-refractivity contribution is -0.00142. The van der Waals surface area contributed by atoms with E-state index in [4.69, 9.17) is 16.3 Å². The van der Waals surface area contributed by atoms with Crippen LogP contribution in [0, 0.1) is 0 Å². The van der Waals surface area contributed by atoms with E-state index >= 15 is 0 Å². The van der Waals surface area contributed by atoms with Crippen LogP contribution in [0.4, 0.5) is 0 Å². The van der Waals surface area contributed by atoms with E-state index in [2.05, 4.69) is 0 Å². The van der Waals surface area contributed by atoms with Gasteiger partial charge in [-0.3, -0.25) is 0 Å². The highest BCUT2D eigenvalue weighted by atomic mass is 35.5. The summed E-state index contributed by atoms with van der Waals surface area (Å²) in [6.45, 7) is 1.81. The molecule has 1 rings (SSSR count). The molecule has 1 aromatic carbocycles. The average Bonchev–Trinajstić information content (AvgIpc) is 2.15. The number of hydrogen-bond donors (Lipinski definition) is 1. The molecule has 1 aromatic rings. The molecule has 72 valence electrons. The zero-order valence-corrected chi connectivity index (χ0v) is 8.45. The average molecular weight is 201 g/mol. The van der Waals surface area contributed by atoms with Crippen LogP contribution in [0.5, 0.6) is 0 Å². The van der Waals surface area contributed by atoms with Gasteiger partial charge in [-0.1, -0.05) is 23.7 Å². The molecule has 3 heteroatoms. The minimum absolute atomic E-state index is 0.224. The van der Waals surface area contributed by atoms with Crippen LogP contribution in [0.1, 0.15) is 18.6 Å². The Balaban J connectivity index is 2.82. The van der Waals surface area contributed by atoms with E-state index in [1.165, 1.54) is 0 Å². The number of aliphatic hydroxyl groups excluding tert-OH is 1. The first kappa shape index (κ1) is 10.5. The number of aliphatic hydroxyl groups is 1. The monoisotopic (exact) mass is 200 g/mol. The molecule has 2 unspecified atom stereocenters. The van der Waals surface area contributed by atoms with E-state index in [1.54, 1.807) is 19.2 Å². The quantitative estimate of drug-likeness (QED) is 0.812. The number of ether oxygens (including phenoxy) is 1. The third kappa shape index (κ3) is 2.69. The minimum Gasteiger partial charge on any atom is -0.386 e. The van der Waals surface area contributed by atoms with Crippen LogP contribution in [-0.4, -0.2) is 18.3 Å². The van der Waals surface area contributed by atoms with Crippen molar-refractivity contribution in [3.05, 3.63) is 34.9 Å². The molecule has 2 atom stereocenters. The predicted molar refractivity (Wildman–Crippen MR) is 52.9 cm³/mol. The highest BCUT2D eigenvalue weighted by Crippen LogP contribution is 2.21. The molecule has 0 fully saturated rings. The highest BCUT2D eigenvalue weighted by molar-refractivity contribution is 6.30. The second kappa shape index (κ2) is 4.61. The minimum atomic E-state index is -0.622. The standard InChI is InChI=1S/C10H13ClO2/c1-7(13-2)10(12)8-4-3-5-9(11)6-8/h3-7,10,12H,1-2H3. The van der Waals surface area contributed by atoms with E-state index in [1.807, 2.05) is 19.1 Å². The highest BCUT2D eigenvalue weighted by Gasteiger charge is 2.15. The first-order valence-corrected chi connectivity index (χ1v) is 4.49. The van der Waals surface area contributed by atoms with E-state index in [0.717, 1.165) is 5.56 Å². The van der Waals surface area contributed by atoms with Gasteiger partial charge in [0.2, 0.25) is 0 Å². The molecule has 0 spiro atoms. The van der Waals surface area contributed by atoms with Gasteiger partial charge in [0, 0.05) is 12.1 Å². The van der Waals surface area contributed by atoms with Crippen LogP contribution in [0.3, 0.4) is 0 Å². The topological polar surface area (TPSA) is 29.5 Å². The van der Waals surface area contributed by atoms with Gasteiger partial charge in [0.1, 0.15) is 6.10 Å². The Labute approximate surface area is 83.1 Å². The van der Waals surface area contributed by atoms with Crippen molar-refractivity contribution in [2.45, 2.75) is 19.1 Å². The molecule has 0 radical (unpaired) electrons. The maximum Gasteiger partial charge on any atom is 0.105 e. The van der Waals surface area contributed by atoms with Crippen molar-refractivity contribution >= 4 is 11.6 Å². The van der Waals surface area contributed by atoms with Crippen molar-refractivity contribution in [1.29, 1.82) is 0 Å². The molecular formula is C10H13ClO2. The molecule has 0 bridgehead atoms. The number of halogens is 1. The summed E-state index contributed by atoms with van der Waals surface area (Å²) in [5, 5.41) is 10.4. The molecular weight excluding hydrogens is 188 g/mol. The predicted octanol–water partition coefficient (Wildman–Crippen LogP) is 2.41. The lowest BCUT2D eigenvalue weighted by atomic mass is 10.1. The van der Waals surface area contributed by atoms with Crippen molar-refractivity contribution in [3.63, 3.8) is 0 Å². The molecule has 0 aliphatic heterocycles. The molecule has 0 amide bonds. The summed E-state index contributed by atoms with van der Waals surface area (Å²) in [5.41, 5.74) is 0.779. The summed E-state index contributed by atoms with van der Waals surface area (Å²) >= 11 is 5.78. The summed E-state index contributed by atoms with van der Waals surface area (Å²) in [5.74, 6) is 0. The first-order chi connectivity index (χ1) is 6.15. The van der Waals surface area contributed by atoms with Gasteiger partial charge in [0.25, 0.3) is 0 Å². The summed E-state index contributed by atoms with van der Waals surface area (Å²) in [6.07, 6.45) is -0.845. The van der Waals surface area contributed by atoms with E-state index in [0.29, 0.717) is 5.02 Å². The zero-order chi connectivity index (χ0) is 9.84. The summed E-state index contributed by atoms with van der Waals surface area (Å²) in [4.78, 5) is 0. The third-order valence-electron chi connectivity index (χ3n) is 2.01. The van der Waals surface area contributed by atoms with E-state index in [9.17, 15) is 5.11 Å². The number of benzene rings is 1. The molecule has 13 heavy (non-hydrogen) atoms. The fourth-order valence-electron chi connectivity index (χ4n) is 1.09. The molecule has 0 aliphatic rings. The molecule has 2 nitrogen and oxygen atoms in total. The van der Waals surface area contributed by atoms with E-state index < -0.39 is 6.10 Å². The second-order valence-electron chi connectivity index (χ2n) is 2.94. The Bertz CT molecular complexity index is 275. The maximum absolute atomic E-state index is 9.73. The van der Waals surface area contributed by atoms with Gasteiger partial charge < -0.3 is 9.84 Å². The van der Waals surface area contributed by atoms with Gasteiger partial charge >= 0.3 is 0 Å². The molecule has 0 saturated heterocycles. The van der Waals surface area contributed by atoms with Crippen molar-refractivity contribution in [1.82, 2.24) is 0 Å². The van der Waals surface area contributed by atoms with Gasteiger partial charge in [-0.15, -0.1) is 0 Å². The normalized spacial score (nSPS) is 15.4. The largest absolute Gasteiger partial charge is 0.386 e. The van der Waals surface area contributed by atoms with Crippen molar-refractivity contribution in [2.24, 2.45) is 0 Å². The van der Waals surface area contributed by atoms with Gasteiger partial charge in [-0.25, -0.2) is 0 Å². The van der Waals surface area contributed by atoms with Gasteiger partial charge in [0.15, 0.2) is 0 Å². The fourth-order valence-corrected chi connectivity index (χ4v) is 1.29. The zero-order valence-electron chi connectivity index (χ0n) is 7.70. The lowest BCUT2D eigenvalue weighted by Gasteiger charge is -2.17. The lowest BCUT2D eigenvalue weighted by Crippen LogP contribution is -2.16. The van der Waals surface area contributed by atoms with Crippen LogP contribution < -0.4 is 0 Å². The summed E-state index contributed by atoms with van der Waals surface area (Å²) in [7, 11) is 1.57. The molecule has 0 saturated carbocycles. The van der Waals surface area contributed by atoms with E-state index in [-0.39, 0.29) is 6.10 Å². The summed E-state index contributed by atoms with van der Waals surface area (Å²) in [6, 6.07) is 7.15. The number of methoxy groups -OCH3 is 1. The van der Waals surface area contributed by atoms with Crippen molar-refractivity contribution in [2.75, 3.05) is 7.11 Å².